The summed E-state index contributed by atoms with van der Waals surface area (Å²) in [4.78, 5) is 12.3. The second kappa shape index (κ2) is 7.93. The topological polar surface area (TPSA) is 85.8 Å². The summed E-state index contributed by atoms with van der Waals surface area (Å²) in [6.07, 6.45) is 0. The summed E-state index contributed by atoms with van der Waals surface area (Å²) in [5, 5.41) is 10.3. The molecule has 0 aliphatic rings. The highest BCUT2D eigenvalue weighted by Gasteiger charge is 2.20. The van der Waals surface area contributed by atoms with Crippen LogP contribution in [0.25, 0.3) is 11.4 Å². The minimum Gasteiger partial charge on any atom is -0.335 e. The molecule has 0 fully saturated rings. The van der Waals surface area contributed by atoms with Gasteiger partial charge in [-0.15, -0.1) is 10.2 Å². The highest BCUT2D eigenvalue weighted by atomic mass is 35.5. The van der Waals surface area contributed by atoms with Crippen LogP contribution in [0.3, 0.4) is 0 Å². The van der Waals surface area contributed by atoms with Gasteiger partial charge in [0, 0.05) is 11.3 Å². The standard InChI is InChI=1S/C17H14ClF2N5OS/c1-9(16(26)22-12-6-7-14(20)13(18)8-12)27-17-24-23-15(25(17)21)10-2-4-11(19)5-3-10/h2-9H,21H2,1H3,(H,22,26)/t9-/m0/s1. The van der Waals surface area contributed by atoms with Crippen LogP contribution in [0.15, 0.2) is 47.6 Å². The Labute approximate surface area is 162 Å². The fraction of sp³-hybridized carbons (Fsp3) is 0.118. The van der Waals surface area contributed by atoms with Gasteiger partial charge in [0.2, 0.25) is 11.1 Å². The van der Waals surface area contributed by atoms with Crippen LogP contribution < -0.4 is 11.2 Å². The number of carbonyl (C=O) groups is 1. The molecule has 10 heteroatoms. The molecule has 1 atom stereocenters. The fourth-order valence-corrected chi connectivity index (χ4v) is 3.13. The number of nitrogen functional groups attached to an aromatic ring is 1. The number of hydrogen-bond donors (Lipinski definition) is 2. The predicted molar refractivity (Wildman–Crippen MR) is 101 cm³/mol. The number of benzene rings is 2. The van der Waals surface area contributed by atoms with Crippen molar-refractivity contribution in [2.75, 3.05) is 11.2 Å². The van der Waals surface area contributed by atoms with Gasteiger partial charge in [0.25, 0.3) is 0 Å². The molecular formula is C17H14ClF2N5OS. The summed E-state index contributed by atoms with van der Waals surface area (Å²) in [7, 11) is 0. The zero-order valence-corrected chi connectivity index (χ0v) is 15.6. The van der Waals surface area contributed by atoms with Crippen molar-refractivity contribution in [1.29, 1.82) is 0 Å². The summed E-state index contributed by atoms with van der Waals surface area (Å²) >= 11 is 6.80. The lowest BCUT2D eigenvalue weighted by Crippen LogP contribution is -2.23. The van der Waals surface area contributed by atoms with E-state index in [4.69, 9.17) is 17.4 Å². The number of aromatic nitrogens is 3. The summed E-state index contributed by atoms with van der Waals surface area (Å²) in [5.74, 6) is 5.06. The Bertz CT molecular complexity index is 980. The Morgan fingerprint density at radius 3 is 2.59 bits per heavy atom. The molecule has 3 aromatic rings. The zero-order valence-electron chi connectivity index (χ0n) is 14.0. The van der Waals surface area contributed by atoms with E-state index in [-0.39, 0.29) is 16.7 Å². The van der Waals surface area contributed by atoms with Crippen molar-refractivity contribution in [3.05, 3.63) is 59.1 Å². The maximum absolute atomic E-state index is 13.2. The van der Waals surface area contributed by atoms with Gasteiger partial charge in [0.1, 0.15) is 11.6 Å². The largest absolute Gasteiger partial charge is 0.335 e. The lowest BCUT2D eigenvalue weighted by molar-refractivity contribution is -0.115. The van der Waals surface area contributed by atoms with E-state index in [2.05, 4.69) is 15.5 Å². The Morgan fingerprint density at radius 1 is 1.22 bits per heavy atom. The van der Waals surface area contributed by atoms with Gasteiger partial charge >= 0.3 is 0 Å². The molecular weight excluding hydrogens is 396 g/mol. The Kier molecular flexibility index (Phi) is 5.62. The molecule has 0 saturated heterocycles. The monoisotopic (exact) mass is 409 g/mol. The molecule has 0 radical (unpaired) electrons. The number of nitrogens with two attached hydrogens (primary N) is 1. The average Bonchev–Trinajstić information content (AvgIpc) is 2.99. The molecule has 0 bridgehead atoms. The van der Waals surface area contributed by atoms with Crippen LogP contribution in [0, 0.1) is 11.6 Å². The molecule has 1 aromatic heterocycles. The van der Waals surface area contributed by atoms with Crippen molar-refractivity contribution >= 4 is 35.0 Å². The van der Waals surface area contributed by atoms with E-state index in [1.807, 2.05) is 0 Å². The number of rotatable bonds is 5. The maximum Gasteiger partial charge on any atom is 0.237 e. The van der Waals surface area contributed by atoms with Crippen LogP contribution in [0.2, 0.25) is 5.02 Å². The summed E-state index contributed by atoms with van der Waals surface area (Å²) in [5.41, 5.74) is 0.969. The van der Waals surface area contributed by atoms with E-state index in [1.165, 1.54) is 47.1 Å². The van der Waals surface area contributed by atoms with Gasteiger partial charge in [-0.1, -0.05) is 23.4 Å². The molecule has 0 unspecified atom stereocenters. The molecule has 2 aromatic carbocycles. The third-order valence-electron chi connectivity index (χ3n) is 3.61. The number of anilines is 1. The first-order valence-electron chi connectivity index (χ1n) is 7.74. The van der Waals surface area contributed by atoms with Crippen LogP contribution in [-0.4, -0.2) is 26.0 Å². The fourth-order valence-electron chi connectivity index (χ4n) is 2.18. The molecule has 6 nitrogen and oxygen atoms in total. The first kappa shape index (κ1) is 19.1. The summed E-state index contributed by atoms with van der Waals surface area (Å²) in [6.45, 7) is 1.66. The second-order valence-electron chi connectivity index (χ2n) is 5.56. The van der Waals surface area contributed by atoms with Crippen LogP contribution in [0.4, 0.5) is 14.5 Å². The number of hydrogen-bond acceptors (Lipinski definition) is 5. The van der Waals surface area contributed by atoms with E-state index in [0.717, 1.165) is 11.8 Å². The van der Waals surface area contributed by atoms with Crippen molar-refractivity contribution in [2.24, 2.45) is 0 Å². The smallest absolute Gasteiger partial charge is 0.237 e. The first-order chi connectivity index (χ1) is 12.8. The molecule has 0 aliphatic heterocycles. The number of nitrogens with one attached hydrogen (secondary N) is 1. The van der Waals surface area contributed by atoms with Gasteiger partial charge in [-0.25, -0.2) is 13.5 Å². The summed E-state index contributed by atoms with van der Waals surface area (Å²) < 4.78 is 27.5. The lowest BCUT2D eigenvalue weighted by atomic mass is 10.2. The number of thioether (sulfide) groups is 1. The molecule has 3 N–H and O–H groups in total. The van der Waals surface area contributed by atoms with Gasteiger partial charge in [-0.05, 0) is 49.4 Å². The van der Waals surface area contributed by atoms with Crippen molar-refractivity contribution in [3.63, 3.8) is 0 Å². The van der Waals surface area contributed by atoms with Gasteiger partial charge in [0.05, 0.1) is 10.3 Å². The van der Waals surface area contributed by atoms with Crippen LogP contribution in [0.5, 0.6) is 0 Å². The van der Waals surface area contributed by atoms with Gasteiger partial charge in [0.15, 0.2) is 5.82 Å². The molecule has 0 aliphatic carbocycles. The first-order valence-corrected chi connectivity index (χ1v) is 9.00. The molecule has 1 heterocycles. The molecule has 0 spiro atoms. The second-order valence-corrected chi connectivity index (χ2v) is 7.28. The molecule has 0 saturated carbocycles. The molecule has 27 heavy (non-hydrogen) atoms. The number of amides is 1. The quantitative estimate of drug-likeness (QED) is 0.495. The Hall–Kier alpha value is -2.65. The third-order valence-corrected chi connectivity index (χ3v) is 4.95. The SMILES string of the molecule is C[C@H](Sc1nnc(-c2ccc(F)cc2)n1N)C(=O)Nc1ccc(F)c(Cl)c1. The zero-order chi connectivity index (χ0) is 19.6. The highest BCUT2D eigenvalue weighted by Crippen LogP contribution is 2.26. The van der Waals surface area contributed by atoms with Crippen LogP contribution in [0.1, 0.15) is 6.92 Å². The van der Waals surface area contributed by atoms with E-state index in [0.29, 0.717) is 22.2 Å². The highest BCUT2D eigenvalue weighted by molar-refractivity contribution is 8.00. The third kappa shape index (κ3) is 4.37. The minimum atomic E-state index is -0.568. The van der Waals surface area contributed by atoms with E-state index < -0.39 is 11.1 Å². The van der Waals surface area contributed by atoms with Crippen molar-refractivity contribution < 1.29 is 13.6 Å². The molecule has 140 valence electrons. The minimum absolute atomic E-state index is 0.0845. The van der Waals surface area contributed by atoms with Gasteiger partial charge in [-0.2, -0.15) is 0 Å². The van der Waals surface area contributed by atoms with Crippen molar-refractivity contribution in [2.45, 2.75) is 17.3 Å². The van der Waals surface area contributed by atoms with Crippen LogP contribution in [-0.2, 0) is 4.79 Å². The Morgan fingerprint density at radius 2 is 1.93 bits per heavy atom. The predicted octanol–water partition coefficient (Wildman–Crippen LogP) is 3.71. The molecule has 1 amide bonds. The average molecular weight is 410 g/mol. The summed E-state index contributed by atoms with van der Waals surface area (Å²) in [6, 6.07) is 9.55. The normalized spacial score (nSPS) is 12.0. The van der Waals surface area contributed by atoms with Crippen LogP contribution >= 0.6 is 23.4 Å². The maximum atomic E-state index is 13.2. The van der Waals surface area contributed by atoms with E-state index >= 15 is 0 Å². The van der Waals surface area contributed by atoms with Gasteiger partial charge < -0.3 is 11.2 Å². The Balaban J connectivity index is 1.70. The number of nitrogens with zero attached hydrogens (tertiary/aromatic N) is 3. The van der Waals surface area contributed by atoms with Crippen molar-refractivity contribution in [3.8, 4) is 11.4 Å². The van der Waals surface area contributed by atoms with E-state index in [1.54, 1.807) is 6.92 Å². The number of halogens is 3. The van der Waals surface area contributed by atoms with Gasteiger partial charge in [-0.3, -0.25) is 4.79 Å². The van der Waals surface area contributed by atoms with Crippen molar-refractivity contribution in [1.82, 2.24) is 14.9 Å². The van der Waals surface area contributed by atoms with E-state index in [9.17, 15) is 13.6 Å². The molecule has 3 rings (SSSR count). The number of carbonyl (C=O) groups excluding carboxylic acids is 1. The lowest BCUT2D eigenvalue weighted by Gasteiger charge is -2.12.